The molecule has 3 heterocycles. The molecule has 0 atom stereocenters. The van der Waals surface area contributed by atoms with E-state index in [4.69, 9.17) is 24.2 Å². The van der Waals surface area contributed by atoms with Crippen LogP contribution in [0.4, 0.5) is 16.6 Å². The van der Waals surface area contributed by atoms with E-state index in [1.165, 1.54) is 6.42 Å². The molecule has 1 aromatic carbocycles. The fourth-order valence-electron chi connectivity index (χ4n) is 4.57. The number of carbonyl (C=O) groups is 1. The third-order valence-corrected chi connectivity index (χ3v) is 6.32. The van der Waals surface area contributed by atoms with Crippen molar-refractivity contribution in [1.82, 2.24) is 14.9 Å². The molecular weight excluding hydrogens is 434 g/mol. The Morgan fingerprint density at radius 3 is 2.24 bits per heavy atom. The highest BCUT2D eigenvalue weighted by Gasteiger charge is 2.28. The van der Waals surface area contributed by atoms with Crippen LogP contribution in [0.2, 0.25) is 0 Å². The van der Waals surface area contributed by atoms with E-state index in [1.54, 1.807) is 19.1 Å². The number of amides is 1. The fraction of sp³-hybridized carbons (Fsp3) is 0.640. The number of benzene rings is 1. The smallest absolute Gasteiger partial charge is 0.410 e. The van der Waals surface area contributed by atoms with Crippen LogP contribution < -0.4 is 19.7 Å². The van der Waals surface area contributed by atoms with Crippen molar-refractivity contribution in [3.8, 4) is 11.5 Å². The summed E-state index contributed by atoms with van der Waals surface area (Å²) in [5.41, 5.74) is 0.335. The summed E-state index contributed by atoms with van der Waals surface area (Å²) in [6.07, 6.45) is 4.94. The van der Waals surface area contributed by atoms with E-state index in [0.29, 0.717) is 30.5 Å². The van der Waals surface area contributed by atoms with Crippen LogP contribution in [0.3, 0.4) is 0 Å². The number of ether oxygens (including phenoxy) is 3. The third-order valence-electron chi connectivity index (χ3n) is 6.32. The van der Waals surface area contributed by atoms with Gasteiger partial charge in [-0.05, 0) is 58.9 Å². The van der Waals surface area contributed by atoms with E-state index in [2.05, 4.69) is 10.2 Å². The molecular formula is C25H37N5O4. The minimum Gasteiger partial charge on any atom is -0.493 e. The van der Waals surface area contributed by atoms with Crippen molar-refractivity contribution < 1.29 is 19.0 Å². The van der Waals surface area contributed by atoms with Crippen LogP contribution in [-0.4, -0.2) is 73.0 Å². The number of hydrogen-bond donors (Lipinski definition) is 1. The number of anilines is 2. The van der Waals surface area contributed by atoms with Gasteiger partial charge in [-0.3, -0.25) is 0 Å². The molecule has 1 amide bonds. The van der Waals surface area contributed by atoms with E-state index in [1.807, 2.05) is 32.9 Å². The number of nitrogens with one attached hydrogen (secondary N) is 1. The number of piperidine rings is 2. The predicted molar refractivity (Wildman–Crippen MR) is 133 cm³/mol. The standard InChI is InChI=1S/C25H37N5O4/c1-25(2,3)34-24(31)30-13-9-17(10-14-30)26-23-27-19-16-21(33-5)20(32-4)15-18(19)22(28-23)29-11-7-6-8-12-29/h15-17H,6-14H2,1-5H3,(H,26,27,28). The Hall–Kier alpha value is -2.97. The highest BCUT2D eigenvalue weighted by molar-refractivity contribution is 5.93. The summed E-state index contributed by atoms with van der Waals surface area (Å²) in [5.74, 6) is 2.86. The first-order valence-corrected chi connectivity index (χ1v) is 12.2. The Morgan fingerprint density at radius 2 is 1.62 bits per heavy atom. The maximum absolute atomic E-state index is 12.4. The number of methoxy groups -OCH3 is 2. The molecule has 0 radical (unpaired) electrons. The molecule has 2 saturated heterocycles. The summed E-state index contributed by atoms with van der Waals surface area (Å²) < 4.78 is 16.6. The lowest BCUT2D eigenvalue weighted by atomic mass is 10.1. The Morgan fingerprint density at radius 1 is 0.971 bits per heavy atom. The van der Waals surface area contributed by atoms with Crippen LogP contribution in [0.1, 0.15) is 52.9 Å². The normalized spacial score (nSPS) is 17.6. The number of likely N-dealkylation sites (tertiary alicyclic amines) is 1. The molecule has 9 nitrogen and oxygen atoms in total. The van der Waals surface area contributed by atoms with E-state index in [9.17, 15) is 4.79 Å². The van der Waals surface area contributed by atoms with E-state index >= 15 is 0 Å². The molecule has 2 aliphatic heterocycles. The second-order valence-electron chi connectivity index (χ2n) is 10.0. The van der Waals surface area contributed by atoms with Gasteiger partial charge in [0, 0.05) is 43.7 Å². The first-order chi connectivity index (χ1) is 16.3. The molecule has 2 aliphatic rings. The lowest BCUT2D eigenvalue weighted by Crippen LogP contribution is -2.44. The van der Waals surface area contributed by atoms with Gasteiger partial charge < -0.3 is 29.3 Å². The molecule has 0 unspecified atom stereocenters. The summed E-state index contributed by atoms with van der Waals surface area (Å²) in [4.78, 5) is 26.3. The van der Waals surface area contributed by atoms with Crippen LogP contribution in [0, 0.1) is 0 Å². The van der Waals surface area contributed by atoms with Gasteiger partial charge in [-0.2, -0.15) is 4.98 Å². The molecule has 0 saturated carbocycles. The molecule has 4 rings (SSSR count). The molecule has 2 aromatic rings. The van der Waals surface area contributed by atoms with Crippen molar-refractivity contribution in [3.05, 3.63) is 12.1 Å². The van der Waals surface area contributed by atoms with Crippen LogP contribution >= 0.6 is 0 Å². The molecule has 34 heavy (non-hydrogen) atoms. The van der Waals surface area contributed by atoms with Crippen LogP contribution in [0.25, 0.3) is 10.9 Å². The summed E-state index contributed by atoms with van der Waals surface area (Å²) >= 11 is 0. The van der Waals surface area contributed by atoms with E-state index in [0.717, 1.165) is 55.5 Å². The number of carbonyl (C=O) groups excluding carboxylic acids is 1. The molecule has 0 spiro atoms. The summed E-state index contributed by atoms with van der Waals surface area (Å²) in [7, 11) is 3.28. The Balaban J connectivity index is 1.55. The van der Waals surface area contributed by atoms with Gasteiger partial charge in [-0.1, -0.05) is 0 Å². The molecule has 0 bridgehead atoms. The van der Waals surface area contributed by atoms with Gasteiger partial charge in [0.1, 0.15) is 11.4 Å². The Labute approximate surface area is 201 Å². The predicted octanol–water partition coefficient (Wildman–Crippen LogP) is 4.45. The number of fused-ring (bicyclic) bond motifs is 1. The highest BCUT2D eigenvalue weighted by atomic mass is 16.6. The zero-order chi connectivity index (χ0) is 24.3. The van der Waals surface area contributed by atoms with Gasteiger partial charge in [-0.25, -0.2) is 9.78 Å². The summed E-state index contributed by atoms with van der Waals surface area (Å²) in [6.45, 7) is 8.92. The van der Waals surface area contributed by atoms with Gasteiger partial charge in [-0.15, -0.1) is 0 Å². The lowest BCUT2D eigenvalue weighted by molar-refractivity contribution is 0.0210. The maximum atomic E-state index is 12.4. The fourth-order valence-corrected chi connectivity index (χ4v) is 4.57. The minimum absolute atomic E-state index is 0.186. The number of hydrogen-bond acceptors (Lipinski definition) is 8. The van der Waals surface area contributed by atoms with Crippen LogP contribution in [0.5, 0.6) is 11.5 Å². The zero-order valence-corrected chi connectivity index (χ0v) is 21.0. The van der Waals surface area contributed by atoms with Gasteiger partial charge in [0.05, 0.1) is 19.7 Å². The molecule has 9 heteroatoms. The van der Waals surface area contributed by atoms with Crippen molar-refractivity contribution in [1.29, 1.82) is 0 Å². The van der Waals surface area contributed by atoms with E-state index < -0.39 is 5.60 Å². The van der Waals surface area contributed by atoms with Crippen molar-refractivity contribution in [3.63, 3.8) is 0 Å². The second kappa shape index (κ2) is 10.1. The molecule has 1 aromatic heterocycles. The lowest BCUT2D eigenvalue weighted by Gasteiger charge is -2.34. The van der Waals surface area contributed by atoms with Crippen molar-refractivity contribution in [2.24, 2.45) is 0 Å². The minimum atomic E-state index is -0.486. The van der Waals surface area contributed by atoms with Crippen LogP contribution in [0.15, 0.2) is 12.1 Å². The monoisotopic (exact) mass is 471 g/mol. The summed E-state index contributed by atoms with van der Waals surface area (Å²) in [5, 5.41) is 4.49. The molecule has 0 aliphatic carbocycles. The Bertz CT molecular complexity index is 1010. The topological polar surface area (TPSA) is 89.0 Å². The highest BCUT2D eigenvalue weighted by Crippen LogP contribution is 2.36. The quantitative estimate of drug-likeness (QED) is 0.684. The molecule has 1 N–H and O–H groups in total. The largest absolute Gasteiger partial charge is 0.493 e. The van der Waals surface area contributed by atoms with Crippen molar-refractivity contribution >= 4 is 28.8 Å². The number of aromatic nitrogens is 2. The maximum Gasteiger partial charge on any atom is 0.410 e. The van der Waals surface area contributed by atoms with Gasteiger partial charge in [0.15, 0.2) is 11.5 Å². The Kier molecular flexibility index (Phi) is 7.19. The molecule has 186 valence electrons. The van der Waals surface area contributed by atoms with Gasteiger partial charge in [0.2, 0.25) is 5.95 Å². The number of rotatable bonds is 5. The van der Waals surface area contributed by atoms with Gasteiger partial charge in [0.25, 0.3) is 0 Å². The first kappa shape index (κ1) is 24.2. The van der Waals surface area contributed by atoms with Gasteiger partial charge >= 0.3 is 6.09 Å². The molecule has 2 fully saturated rings. The second-order valence-corrected chi connectivity index (χ2v) is 10.0. The van der Waals surface area contributed by atoms with Crippen LogP contribution in [-0.2, 0) is 4.74 Å². The average Bonchev–Trinajstić information content (AvgIpc) is 2.82. The van der Waals surface area contributed by atoms with E-state index in [-0.39, 0.29) is 12.1 Å². The average molecular weight is 472 g/mol. The zero-order valence-electron chi connectivity index (χ0n) is 21.0. The van der Waals surface area contributed by atoms with Crippen molar-refractivity contribution in [2.75, 3.05) is 50.6 Å². The number of nitrogens with zero attached hydrogens (tertiary/aromatic N) is 4. The SMILES string of the molecule is COc1cc2nc(NC3CCN(C(=O)OC(C)(C)C)CC3)nc(N3CCCCC3)c2cc1OC. The third kappa shape index (κ3) is 5.56. The van der Waals surface area contributed by atoms with Crippen molar-refractivity contribution in [2.45, 2.75) is 64.5 Å². The first-order valence-electron chi connectivity index (χ1n) is 12.2. The summed E-state index contributed by atoms with van der Waals surface area (Å²) in [6, 6.07) is 4.08.